The summed E-state index contributed by atoms with van der Waals surface area (Å²) < 4.78 is 27.0. The molecule has 0 radical (unpaired) electrons. The molecule has 0 unspecified atom stereocenters. The second-order valence-electron chi connectivity index (χ2n) is 6.59. The lowest BCUT2D eigenvalue weighted by molar-refractivity contribution is 0.346. The van der Waals surface area contributed by atoms with Crippen molar-refractivity contribution in [2.75, 3.05) is 19.6 Å². The molecule has 3 N–H and O–H groups in total. The van der Waals surface area contributed by atoms with Gasteiger partial charge in [0.2, 0.25) is 10.0 Å². The Morgan fingerprint density at radius 3 is 2.67 bits per heavy atom. The van der Waals surface area contributed by atoms with E-state index in [4.69, 9.17) is 5.73 Å². The predicted molar refractivity (Wildman–Crippen MR) is 97.2 cm³/mol. The zero-order valence-electron chi connectivity index (χ0n) is 14.5. The molecule has 7 heteroatoms. The molecule has 0 amide bonds. The van der Waals surface area contributed by atoms with E-state index in [2.05, 4.69) is 24.2 Å². The second-order valence-corrected chi connectivity index (χ2v) is 8.53. The first kappa shape index (κ1) is 18.7. The smallest absolute Gasteiger partial charge is 0.243 e. The van der Waals surface area contributed by atoms with Crippen molar-refractivity contribution in [3.8, 4) is 0 Å². The molecule has 1 saturated heterocycles. The average Bonchev–Trinajstić information content (AvgIpc) is 2.59. The highest BCUT2D eigenvalue weighted by molar-refractivity contribution is 7.89. The van der Waals surface area contributed by atoms with Crippen LogP contribution in [0.2, 0.25) is 0 Å². The number of nitrogens with one attached hydrogen (secondary N) is 1. The maximum atomic E-state index is 12.7. The van der Waals surface area contributed by atoms with Gasteiger partial charge in [0.1, 0.15) is 0 Å². The van der Waals surface area contributed by atoms with Crippen LogP contribution in [0.1, 0.15) is 38.7 Å². The van der Waals surface area contributed by atoms with Crippen molar-refractivity contribution in [2.24, 2.45) is 16.6 Å². The highest BCUT2D eigenvalue weighted by atomic mass is 32.2. The minimum absolute atomic E-state index is 0.339. The second kappa shape index (κ2) is 8.48. The molecule has 0 spiro atoms. The fraction of sp³-hybridized carbons (Fsp3) is 0.588. The van der Waals surface area contributed by atoms with Gasteiger partial charge in [0.05, 0.1) is 11.4 Å². The van der Waals surface area contributed by atoms with Crippen molar-refractivity contribution < 1.29 is 8.42 Å². The highest BCUT2D eigenvalue weighted by Gasteiger charge is 2.25. The number of hydrogen-bond donors (Lipinski definition) is 2. The van der Waals surface area contributed by atoms with E-state index in [0.717, 1.165) is 31.4 Å². The normalized spacial score (nSPS) is 17.2. The van der Waals surface area contributed by atoms with Crippen molar-refractivity contribution in [1.29, 1.82) is 0 Å². The molecule has 2 rings (SSSR count). The first-order valence-corrected chi connectivity index (χ1v) is 9.96. The Balaban J connectivity index is 2.07. The van der Waals surface area contributed by atoms with Gasteiger partial charge >= 0.3 is 0 Å². The fourth-order valence-electron chi connectivity index (χ4n) is 2.60. The van der Waals surface area contributed by atoms with Gasteiger partial charge < -0.3 is 11.1 Å². The quantitative estimate of drug-likeness (QED) is 0.605. The Bertz CT molecular complexity index is 665. The number of piperidine rings is 1. The molecule has 0 aliphatic carbocycles. The van der Waals surface area contributed by atoms with E-state index in [-0.39, 0.29) is 0 Å². The molecule has 134 valence electrons. The van der Waals surface area contributed by atoms with Gasteiger partial charge in [0.15, 0.2) is 5.96 Å². The number of guanidine groups is 1. The van der Waals surface area contributed by atoms with Crippen molar-refractivity contribution in [3.63, 3.8) is 0 Å². The molecule has 1 heterocycles. The maximum Gasteiger partial charge on any atom is 0.243 e. The number of nitrogens with two attached hydrogens (primary N) is 1. The van der Waals surface area contributed by atoms with Gasteiger partial charge in [0.25, 0.3) is 0 Å². The van der Waals surface area contributed by atoms with Crippen molar-refractivity contribution in [2.45, 2.75) is 44.6 Å². The largest absolute Gasteiger partial charge is 0.370 e. The molecule has 0 saturated carbocycles. The van der Waals surface area contributed by atoms with Crippen LogP contribution < -0.4 is 11.1 Å². The minimum Gasteiger partial charge on any atom is -0.370 e. The number of sulfonamides is 1. The molecule has 1 aliphatic rings. The molecule has 1 aromatic rings. The van der Waals surface area contributed by atoms with E-state index in [1.807, 2.05) is 6.07 Å². The Labute approximate surface area is 145 Å². The summed E-state index contributed by atoms with van der Waals surface area (Å²) in [4.78, 5) is 4.62. The number of hydrogen-bond acceptors (Lipinski definition) is 3. The SMILES string of the molecule is CC(C)CNC(N)=NCc1cccc(S(=O)(=O)N2CCCCC2)c1. The van der Waals surface area contributed by atoms with Gasteiger partial charge in [0, 0.05) is 19.6 Å². The summed E-state index contributed by atoms with van der Waals surface area (Å²) in [5.41, 5.74) is 6.66. The minimum atomic E-state index is -3.41. The Morgan fingerprint density at radius 1 is 1.29 bits per heavy atom. The van der Waals surface area contributed by atoms with Gasteiger partial charge in [-0.3, -0.25) is 0 Å². The van der Waals surface area contributed by atoms with Crippen molar-refractivity contribution in [3.05, 3.63) is 29.8 Å². The van der Waals surface area contributed by atoms with Crippen molar-refractivity contribution >= 4 is 16.0 Å². The van der Waals surface area contributed by atoms with Gasteiger partial charge in [-0.05, 0) is 36.5 Å². The first-order valence-electron chi connectivity index (χ1n) is 8.52. The van der Waals surface area contributed by atoms with Gasteiger partial charge in [-0.25, -0.2) is 13.4 Å². The number of rotatable bonds is 6. The molecule has 0 bridgehead atoms. The van der Waals surface area contributed by atoms with E-state index in [9.17, 15) is 8.42 Å². The zero-order valence-corrected chi connectivity index (χ0v) is 15.3. The van der Waals surface area contributed by atoms with Crippen LogP contribution in [0.5, 0.6) is 0 Å². The van der Waals surface area contributed by atoms with E-state index in [1.165, 1.54) is 0 Å². The molecule has 1 aromatic carbocycles. The number of benzene rings is 1. The van der Waals surface area contributed by atoms with Crippen LogP contribution in [0, 0.1) is 5.92 Å². The highest BCUT2D eigenvalue weighted by Crippen LogP contribution is 2.21. The van der Waals surface area contributed by atoms with Crippen LogP contribution in [0.15, 0.2) is 34.2 Å². The molecule has 6 nitrogen and oxygen atoms in total. The summed E-state index contributed by atoms with van der Waals surface area (Å²) >= 11 is 0. The van der Waals surface area contributed by atoms with Crippen LogP contribution >= 0.6 is 0 Å². The average molecular weight is 353 g/mol. The van der Waals surface area contributed by atoms with Gasteiger partial charge in [-0.15, -0.1) is 0 Å². The van der Waals surface area contributed by atoms with Crippen molar-refractivity contribution in [1.82, 2.24) is 9.62 Å². The number of aliphatic imine (C=N–C) groups is 1. The van der Waals surface area contributed by atoms with E-state index in [1.54, 1.807) is 22.5 Å². The van der Waals surface area contributed by atoms with Crippen LogP contribution in [0.25, 0.3) is 0 Å². The first-order chi connectivity index (χ1) is 11.4. The lowest BCUT2D eigenvalue weighted by atomic mass is 10.2. The lowest BCUT2D eigenvalue weighted by Gasteiger charge is -2.26. The summed E-state index contributed by atoms with van der Waals surface area (Å²) in [6, 6.07) is 6.98. The maximum absolute atomic E-state index is 12.7. The Hall–Kier alpha value is -1.60. The summed E-state index contributed by atoms with van der Waals surface area (Å²) in [5.74, 6) is 0.866. The van der Waals surface area contributed by atoms with Crippen LogP contribution in [0.4, 0.5) is 0 Å². The van der Waals surface area contributed by atoms with Crippen LogP contribution in [-0.4, -0.2) is 38.3 Å². The summed E-state index contributed by atoms with van der Waals surface area (Å²) in [6.45, 7) is 6.52. The van der Waals surface area contributed by atoms with Gasteiger partial charge in [-0.2, -0.15) is 4.31 Å². The summed E-state index contributed by atoms with van der Waals surface area (Å²) in [7, 11) is -3.41. The molecule has 0 atom stereocenters. The standard InChI is InChI=1S/C17H28N4O2S/c1-14(2)12-19-17(18)20-13-15-7-6-8-16(11-15)24(22,23)21-9-4-3-5-10-21/h6-8,11,14H,3-5,9-10,12-13H2,1-2H3,(H3,18,19,20). The third-order valence-electron chi connectivity index (χ3n) is 3.97. The van der Waals surface area contributed by atoms with Crippen LogP contribution in [0.3, 0.4) is 0 Å². The Morgan fingerprint density at radius 2 is 2.00 bits per heavy atom. The van der Waals surface area contributed by atoms with E-state index >= 15 is 0 Å². The fourth-order valence-corrected chi connectivity index (χ4v) is 4.19. The Kier molecular flexibility index (Phi) is 6.62. The third-order valence-corrected chi connectivity index (χ3v) is 5.87. The molecular formula is C17H28N4O2S. The zero-order chi connectivity index (χ0) is 17.6. The van der Waals surface area contributed by atoms with Gasteiger partial charge in [-0.1, -0.05) is 32.4 Å². The van der Waals surface area contributed by atoms with E-state index < -0.39 is 10.0 Å². The van der Waals surface area contributed by atoms with E-state index in [0.29, 0.717) is 36.4 Å². The molecule has 24 heavy (non-hydrogen) atoms. The molecular weight excluding hydrogens is 324 g/mol. The molecule has 1 fully saturated rings. The summed E-state index contributed by atoms with van der Waals surface area (Å²) in [5, 5.41) is 3.05. The topological polar surface area (TPSA) is 87.8 Å². The van der Waals surface area contributed by atoms with Crippen LogP contribution in [-0.2, 0) is 16.6 Å². The third kappa shape index (κ3) is 5.21. The number of nitrogens with zero attached hydrogens (tertiary/aromatic N) is 2. The predicted octanol–water partition coefficient (Wildman–Crippen LogP) is 1.92. The lowest BCUT2D eigenvalue weighted by Crippen LogP contribution is -2.35. The summed E-state index contributed by atoms with van der Waals surface area (Å²) in [6.07, 6.45) is 2.96. The molecule has 1 aliphatic heterocycles. The molecule has 0 aromatic heterocycles. The monoisotopic (exact) mass is 352 g/mol.